The molecule has 1 atom stereocenters. The molecule has 3 aliphatic rings. The number of nitrogens with one attached hydrogen (secondary N) is 1. The quantitative estimate of drug-likeness (QED) is 0.656. The molecule has 1 N–H and O–H groups in total. The Morgan fingerprint density at radius 2 is 1.93 bits per heavy atom. The first-order valence-corrected chi connectivity index (χ1v) is 6.10. The molecule has 3 fully saturated rings. The molecule has 1 unspecified atom stereocenters. The summed E-state index contributed by atoms with van der Waals surface area (Å²) in [6.07, 6.45) is 5.79. The maximum absolute atomic E-state index is 11.9. The van der Waals surface area contributed by atoms with E-state index in [1.54, 1.807) is 0 Å². The number of carbonyl (C=O) groups excluding carboxylic acids is 1. The highest BCUT2D eigenvalue weighted by atomic mass is 16.5. The molecule has 2 heterocycles. The molecular formula is C12H19NO2. The lowest BCUT2D eigenvalue weighted by Gasteiger charge is -2.54. The summed E-state index contributed by atoms with van der Waals surface area (Å²) in [5.41, 5.74) is 0.355. The maximum atomic E-state index is 11.9. The van der Waals surface area contributed by atoms with Crippen molar-refractivity contribution >= 4 is 5.91 Å². The Morgan fingerprint density at radius 3 is 2.47 bits per heavy atom. The van der Waals surface area contributed by atoms with Gasteiger partial charge in [0.2, 0.25) is 5.91 Å². The third kappa shape index (κ3) is 1.02. The first kappa shape index (κ1) is 9.64. The number of amides is 1. The highest BCUT2D eigenvalue weighted by molar-refractivity contribution is 5.83. The zero-order valence-electron chi connectivity index (χ0n) is 9.34. The van der Waals surface area contributed by atoms with Gasteiger partial charge in [-0.25, -0.2) is 0 Å². The average molecular weight is 209 g/mol. The van der Waals surface area contributed by atoms with Gasteiger partial charge in [-0.2, -0.15) is 0 Å². The van der Waals surface area contributed by atoms with E-state index in [1.165, 1.54) is 19.3 Å². The Balaban J connectivity index is 1.96. The first-order valence-electron chi connectivity index (χ1n) is 6.10. The predicted octanol–water partition coefficient (Wildman–Crippen LogP) is 1.47. The van der Waals surface area contributed by atoms with Crippen molar-refractivity contribution in [3.63, 3.8) is 0 Å². The summed E-state index contributed by atoms with van der Waals surface area (Å²) < 4.78 is 5.44. The van der Waals surface area contributed by atoms with Crippen LogP contribution in [0.5, 0.6) is 0 Å². The van der Waals surface area contributed by atoms with Crippen molar-refractivity contribution in [2.45, 2.75) is 44.6 Å². The van der Waals surface area contributed by atoms with E-state index in [1.807, 2.05) is 0 Å². The van der Waals surface area contributed by atoms with Gasteiger partial charge >= 0.3 is 0 Å². The van der Waals surface area contributed by atoms with Crippen LogP contribution in [0.4, 0.5) is 0 Å². The largest absolute Gasteiger partial charge is 0.381 e. The van der Waals surface area contributed by atoms with E-state index >= 15 is 0 Å². The minimum Gasteiger partial charge on any atom is -0.381 e. The smallest absolute Gasteiger partial charge is 0.223 e. The molecule has 0 aromatic carbocycles. The molecule has 2 saturated heterocycles. The van der Waals surface area contributed by atoms with Crippen LogP contribution in [0, 0.1) is 11.3 Å². The van der Waals surface area contributed by atoms with Crippen LogP contribution in [0.15, 0.2) is 0 Å². The topological polar surface area (TPSA) is 38.3 Å². The minimum atomic E-state index is 0.0833. The number of ether oxygens (including phenoxy) is 1. The second kappa shape index (κ2) is 2.97. The number of rotatable bonds is 0. The lowest BCUT2D eigenvalue weighted by molar-refractivity contribution is -0.124. The molecule has 1 aliphatic carbocycles. The Morgan fingerprint density at radius 1 is 1.27 bits per heavy atom. The monoisotopic (exact) mass is 209 g/mol. The molecule has 1 amide bonds. The highest BCUT2D eigenvalue weighted by Gasteiger charge is 2.64. The van der Waals surface area contributed by atoms with Gasteiger partial charge in [-0.1, -0.05) is 13.3 Å². The fraction of sp³-hybridized carbons (Fsp3) is 0.917. The summed E-state index contributed by atoms with van der Waals surface area (Å²) in [7, 11) is 0. The zero-order valence-corrected chi connectivity index (χ0v) is 9.34. The van der Waals surface area contributed by atoms with Crippen LogP contribution in [-0.4, -0.2) is 24.7 Å². The molecule has 2 spiro atoms. The standard InChI is InChI=1S/C12H19NO2/c1-9-10(14)13-12(5-7-15-8-6-12)11(9)3-2-4-11/h9H,2-8H2,1H3,(H,13,14). The van der Waals surface area contributed by atoms with Crippen molar-refractivity contribution < 1.29 is 9.53 Å². The van der Waals surface area contributed by atoms with Gasteiger partial charge in [0.1, 0.15) is 0 Å². The molecule has 3 rings (SSSR count). The van der Waals surface area contributed by atoms with Crippen molar-refractivity contribution in [2.24, 2.45) is 11.3 Å². The molecule has 1 saturated carbocycles. The average Bonchev–Trinajstić information content (AvgIpc) is 2.36. The van der Waals surface area contributed by atoms with Gasteiger partial charge in [-0.05, 0) is 25.7 Å². The van der Waals surface area contributed by atoms with Crippen molar-refractivity contribution in [2.75, 3.05) is 13.2 Å². The molecule has 84 valence electrons. The fourth-order valence-electron chi connectivity index (χ4n) is 3.95. The Labute approximate surface area is 90.6 Å². The Bertz CT molecular complexity index is 290. The Hall–Kier alpha value is -0.570. The molecular weight excluding hydrogens is 190 g/mol. The summed E-state index contributed by atoms with van der Waals surface area (Å²) in [4.78, 5) is 11.9. The van der Waals surface area contributed by atoms with Gasteiger partial charge in [-0.15, -0.1) is 0 Å². The van der Waals surface area contributed by atoms with Crippen molar-refractivity contribution in [1.29, 1.82) is 0 Å². The third-order valence-corrected chi connectivity index (χ3v) is 5.13. The first-order chi connectivity index (χ1) is 7.20. The summed E-state index contributed by atoms with van der Waals surface area (Å²) in [6.45, 7) is 3.74. The lowest BCUT2D eigenvalue weighted by atomic mass is 9.52. The van der Waals surface area contributed by atoms with E-state index < -0.39 is 0 Å². The lowest BCUT2D eigenvalue weighted by Crippen LogP contribution is -2.59. The predicted molar refractivity (Wildman–Crippen MR) is 56.4 cm³/mol. The van der Waals surface area contributed by atoms with Crippen LogP contribution >= 0.6 is 0 Å². The third-order valence-electron chi connectivity index (χ3n) is 5.13. The van der Waals surface area contributed by atoms with Crippen molar-refractivity contribution in [3.05, 3.63) is 0 Å². The van der Waals surface area contributed by atoms with Gasteiger partial charge in [0.15, 0.2) is 0 Å². The summed E-state index contributed by atoms with van der Waals surface area (Å²) in [5.74, 6) is 0.487. The fourth-order valence-corrected chi connectivity index (χ4v) is 3.95. The molecule has 0 radical (unpaired) electrons. The van der Waals surface area contributed by atoms with Crippen LogP contribution in [0.3, 0.4) is 0 Å². The second-order valence-electron chi connectivity index (χ2n) is 5.42. The summed E-state index contributed by atoms with van der Waals surface area (Å²) in [5, 5.41) is 3.29. The normalized spacial score (nSPS) is 36.6. The van der Waals surface area contributed by atoms with Gasteiger partial charge in [-0.3, -0.25) is 4.79 Å². The second-order valence-corrected chi connectivity index (χ2v) is 5.42. The van der Waals surface area contributed by atoms with Crippen LogP contribution in [-0.2, 0) is 9.53 Å². The maximum Gasteiger partial charge on any atom is 0.223 e. The molecule has 3 nitrogen and oxygen atoms in total. The number of carbonyl (C=O) groups is 1. The van der Waals surface area contributed by atoms with E-state index in [9.17, 15) is 4.79 Å². The van der Waals surface area contributed by atoms with E-state index in [4.69, 9.17) is 4.74 Å². The van der Waals surface area contributed by atoms with E-state index in [0.29, 0.717) is 0 Å². The molecule has 3 heteroatoms. The SMILES string of the molecule is CC1C(=O)NC2(CCOCC2)C12CCC2. The zero-order chi connectivity index (χ0) is 10.5. The molecule has 0 bridgehead atoms. The number of fused-ring (bicyclic) bond motifs is 1. The highest BCUT2D eigenvalue weighted by Crippen LogP contribution is 2.60. The molecule has 2 aliphatic heterocycles. The van der Waals surface area contributed by atoms with Crippen LogP contribution in [0.2, 0.25) is 0 Å². The molecule has 0 aromatic heterocycles. The molecule has 15 heavy (non-hydrogen) atoms. The van der Waals surface area contributed by atoms with Crippen LogP contribution in [0.1, 0.15) is 39.0 Å². The molecule has 0 aromatic rings. The number of hydrogen-bond donors (Lipinski definition) is 1. The van der Waals surface area contributed by atoms with E-state index in [2.05, 4.69) is 12.2 Å². The van der Waals surface area contributed by atoms with Crippen molar-refractivity contribution in [3.8, 4) is 0 Å². The van der Waals surface area contributed by atoms with Gasteiger partial charge in [0.25, 0.3) is 0 Å². The van der Waals surface area contributed by atoms with Crippen LogP contribution in [0.25, 0.3) is 0 Å². The van der Waals surface area contributed by atoms with E-state index in [-0.39, 0.29) is 22.8 Å². The van der Waals surface area contributed by atoms with Gasteiger partial charge in [0, 0.05) is 24.5 Å². The van der Waals surface area contributed by atoms with Crippen molar-refractivity contribution in [1.82, 2.24) is 5.32 Å². The summed E-state index contributed by atoms with van der Waals surface area (Å²) in [6, 6.07) is 0. The van der Waals surface area contributed by atoms with Gasteiger partial charge in [0.05, 0.1) is 5.54 Å². The van der Waals surface area contributed by atoms with Crippen LogP contribution < -0.4 is 5.32 Å². The van der Waals surface area contributed by atoms with E-state index in [0.717, 1.165) is 26.1 Å². The number of hydrogen-bond acceptors (Lipinski definition) is 2. The summed E-state index contributed by atoms with van der Waals surface area (Å²) >= 11 is 0. The van der Waals surface area contributed by atoms with Gasteiger partial charge < -0.3 is 10.1 Å². The Kier molecular flexibility index (Phi) is 1.91. The minimum absolute atomic E-state index is 0.0833.